The molecule has 0 spiro atoms. The molecule has 28 heavy (non-hydrogen) atoms. The van der Waals surface area contributed by atoms with Gasteiger partial charge in [0.25, 0.3) is 0 Å². The highest BCUT2D eigenvalue weighted by Crippen LogP contribution is 2.44. The smallest absolute Gasteiger partial charge is 0.115 e. The van der Waals surface area contributed by atoms with Gasteiger partial charge < -0.3 is 5.11 Å². The van der Waals surface area contributed by atoms with Crippen molar-refractivity contribution in [1.29, 1.82) is 0 Å². The molecular formula is C27H48O. The van der Waals surface area contributed by atoms with Gasteiger partial charge in [-0.05, 0) is 60.1 Å². The molecule has 0 heterocycles. The van der Waals surface area contributed by atoms with Crippen LogP contribution < -0.4 is 0 Å². The summed E-state index contributed by atoms with van der Waals surface area (Å²) in [5, 5.41) is 9.85. The van der Waals surface area contributed by atoms with E-state index >= 15 is 0 Å². The number of phenolic OH excluding ortho intramolecular Hbond substituents is 1. The van der Waals surface area contributed by atoms with Crippen molar-refractivity contribution in [3.05, 3.63) is 29.8 Å². The molecule has 1 aromatic rings. The molecule has 0 bridgehead atoms. The van der Waals surface area contributed by atoms with E-state index in [1.54, 1.807) is 0 Å². The molecule has 162 valence electrons. The average Bonchev–Trinajstić information content (AvgIpc) is 2.64. The lowest BCUT2D eigenvalue weighted by Gasteiger charge is -2.37. The Hall–Kier alpha value is -0.980. The van der Waals surface area contributed by atoms with E-state index in [2.05, 4.69) is 53.7 Å². The number of hydrogen-bond donors (Lipinski definition) is 1. The van der Waals surface area contributed by atoms with E-state index in [0.717, 1.165) is 23.7 Å². The first-order chi connectivity index (χ1) is 13.5. The van der Waals surface area contributed by atoms with E-state index in [1.165, 1.54) is 69.8 Å². The van der Waals surface area contributed by atoms with E-state index < -0.39 is 0 Å². The number of benzene rings is 1. The lowest BCUT2D eigenvalue weighted by Crippen LogP contribution is -2.25. The van der Waals surface area contributed by atoms with Gasteiger partial charge in [0.15, 0.2) is 0 Å². The summed E-state index contributed by atoms with van der Waals surface area (Å²) in [4.78, 5) is 0. The Bertz CT molecular complexity index is 467. The van der Waals surface area contributed by atoms with E-state index in [-0.39, 0.29) is 0 Å². The minimum Gasteiger partial charge on any atom is -0.508 e. The van der Waals surface area contributed by atoms with Crippen LogP contribution in [0.4, 0.5) is 0 Å². The molecule has 4 unspecified atom stereocenters. The third kappa shape index (κ3) is 8.58. The Morgan fingerprint density at radius 3 is 1.39 bits per heavy atom. The van der Waals surface area contributed by atoms with E-state index in [4.69, 9.17) is 0 Å². The average molecular weight is 389 g/mol. The summed E-state index contributed by atoms with van der Waals surface area (Å²) in [7, 11) is 0. The van der Waals surface area contributed by atoms with Crippen LogP contribution in [0.25, 0.3) is 0 Å². The van der Waals surface area contributed by atoms with Crippen LogP contribution in [-0.4, -0.2) is 5.11 Å². The predicted octanol–water partition coefficient (Wildman–Crippen LogP) is 8.96. The second-order valence-electron chi connectivity index (χ2n) is 9.47. The predicted molar refractivity (Wildman–Crippen MR) is 125 cm³/mol. The number of phenols is 1. The zero-order chi connectivity index (χ0) is 20.9. The van der Waals surface area contributed by atoms with E-state index in [0.29, 0.717) is 11.7 Å². The number of aromatic hydroxyl groups is 1. The molecule has 1 heteroatoms. The number of rotatable bonds is 15. The van der Waals surface area contributed by atoms with Crippen molar-refractivity contribution in [3.8, 4) is 5.75 Å². The zero-order valence-electron chi connectivity index (χ0n) is 19.7. The maximum Gasteiger partial charge on any atom is 0.115 e. The number of hydrogen-bond acceptors (Lipinski definition) is 1. The van der Waals surface area contributed by atoms with Crippen molar-refractivity contribution in [1.82, 2.24) is 0 Å². The SMILES string of the molecule is CCCC(C)CC(CCC)C(c1ccc(O)cc1)C(CCC)CC(C)CCC. The van der Waals surface area contributed by atoms with Crippen LogP contribution in [-0.2, 0) is 0 Å². The van der Waals surface area contributed by atoms with Crippen LogP contribution >= 0.6 is 0 Å². The van der Waals surface area contributed by atoms with Gasteiger partial charge >= 0.3 is 0 Å². The molecule has 0 amide bonds. The molecule has 0 radical (unpaired) electrons. The Morgan fingerprint density at radius 2 is 1.04 bits per heavy atom. The van der Waals surface area contributed by atoms with E-state index in [9.17, 15) is 5.11 Å². The quantitative estimate of drug-likeness (QED) is 0.318. The monoisotopic (exact) mass is 388 g/mol. The largest absolute Gasteiger partial charge is 0.508 e. The fraction of sp³-hybridized carbons (Fsp3) is 0.778. The van der Waals surface area contributed by atoms with Gasteiger partial charge in [-0.2, -0.15) is 0 Å². The third-order valence-corrected chi connectivity index (χ3v) is 6.59. The summed E-state index contributed by atoms with van der Waals surface area (Å²) < 4.78 is 0. The summed E-state index contributed by atoms with van der Waals surface area (Å²) in [6, 6.07) is 8.22. The molecule has 0 aromatic heterocycles. The minimum atomic E-state index is 0.389. The van der Waals surface area contributed by atoms with Gasteiger partial charge in [0.1, 0.15) is 5.75 Å². The first-order valence-electron chi connectivity index (χ1n) is 12.2. The maximum absolute atomic E-state index is 9.85. The van der Waals surface area contributed by atoms with Crippen molar-refractivity contribution in [2.75, 3.05) is 0 Å². The fourth-order valence-electron chi connectivity index (χ4n) is 5.51. The molecule has 0 saturated carbocycles. The molecule has 1 nitrogen and oxygen atoms in total. The van der Waals surface area contributed by atoms with Gasteiger partial charge in [0.05, 0.1) is 0 Å². The molecule has 1 aromatic carbocycles. The van der Waals surface area contributed by atoms with Crippen LogP contribution in [0.15, 0.2) is 24.3 Å². The maximum atomic E-state index is 9.85. The van der Waals surface area contributed by atoms with Crippen molar-refractivity contribution >= 4 is 0 Å². The highest BCUT2D eigenvalue weighted by Gasteiger charge is 2.31. The van der Waals surface area contributed by atoms with E-state index in [1.807, 2.05) is 12.1 Å². The van der Waals surface area contributed by atoms with Crippen molar-refractivity contribution in [2.45, 2.75) is 112 Å². The first-order valence-corrected chi connectivity index (χ1v) is 12.2. The molecule has 1 rings (SSSR count). The van der Waals surface area contributed by atoms with Crippen LogP contribution in [0.5, 0.6) is 5.75 Å². The van der Waals surface area contributed by atoms with Gasteiger partial charge in [-0.3, -0.25) is 0 Å². The third-order valence-electron chi connectivity index (χ3n) is 6.59. The normalized spacial score (nSPS) is 17.1. The zero-order valence-corrected chi connectivity index (χ0v) is 19.7. The van der Waals surface area contributed by atoms with Crippen molar-refractivity contribution < 1.29 is 5.11 Å². The van der Waals surface area contributed by atoms with Crippen LogP contribution in [0.1, 0.15) is 117 Å². The minimum absolute atomic E-state index is 0.389. The molecule has 0 aliphatic carbocycles. The second kappa shape index (κ2) is 14.1. The second-order valence-corrected chi connectivity index (χ2v) is 9.47. The Balaban J connectivity index is 3.22. The van der Waals surface area contributed by atoms with Gasteiger partial charge in [0.2, 0.25) is 0 Å². The Labute approximate surface area is 176 Å². The summed E-state index contributed by atoms with van der Waals surface area (Å²) >= 11 is 0. The molecular weight excluding hydrogens is 340 g/mol. The fourth-order valence-corrected chi connectivity index (χ4v) is 5.51. The molecule has 4 atom stereocenters. The van der Waals surface area contributed by atoms with Gasteiger partial charge in [0, 0.05) is 0 Å². The van der Waals surface area contributed by atoms with Crippen molar-refractivity contribution in [3.63, 3.8) is 0 Å². The Kier molecular flexibility index (Phi) is 12.6. The highest BCUT2D eigenvalue weighted by atomic mass is 16.3. The van der Waals surface area contributed by atoms with Gasteiger partial charge in [-0.1, -0.05) is 105 Å². The molecule has 0 saturated heterocycles. The summed E-state index contributed by atoms with van der Waals surface area (Å²) in [5.41, 5.74) is 1.46. The van der Waals surface area contributed by atoms with Crippen molar-refractivity contribution in [2.24, 2.45) is 23.7 Å². The van der Waals surface area contributed by atoms with Gasteiger partial charge in [-0.15, -0.1) is 0 Å². The van der Waals surface area contributed by atoms with Crippen LogP contribution in [0.2, 0.25) is 0 Å². The van der Waals surface area contributed by atoms with Crippen LogP contribution in [0.3, 0.4) is 0 Å². The summed E-state index contributed by atoms with van der Waals surface area (Å²) in [6.07, 6.45) is 13.1. The topological polar surface area (TPSA) is 20.2 Å². The Morgan fingerprint density at radius 1 is 0.643 bits per heavy atom. The summed E-state index contributed by atoms with van der Waals surface area (Å²) in [5.74, 6) is 4.12. The molecule has 0 aliphatic heterocycles. The molecule has 0 fully saturated rings. The summed E-state index contributed by atoms with van der Waals surface area (Å²) in [6.45, 7) is 14.2. The molecule has 0 aliphatic rings. The first kappa shape index (κ1) is 25.1. The lowest BCUT2D eigenvalue weighted by molar-refractivity contribution is 0.206. The molecule has 1 N–H and O–H groups in total. The highest BCUT2D eigenvalue weighted by molar-refractivity contribution is 5.29. The van der Waals surface area contributed by atoms with Crippen LogP contribution in [0, 0.1) is 23.7 Å². The lowest BCUT2D eigenvalue weighted by atomic mass is 9.68. The van der Waals surface area contributed by atoms with Gasteiger partial charge in [-0.25, -0.2) is 0 Å². The standard InChI is InChI=1S/C27H48O/c1-7-11-21(5)19-24(13-9-3)27(23-15-17-26(28)18-16-23)25(14-10-4)20-22(6)12-8-2/h15-18,21-22,24-25,27-28H,7-14,19-20H2,1-6H3.